The minimum atomic E-state index is -0.0255. The molecule has 0 N–H and O–H groups in total. The van der Waals surface area contributed by atoms with Gasteiger partial charge in [0.15, 0.2) is 11.5 Å². The number of benzene rings is 1. The Kier molecular flexibility index (Phi) is 3.79. The van der Waals surface area contributed by atoms with Gasteiger partial charge in [0, 0.05) is 5.56 Å². The summed E-state index contributed by atoms with van der Waals surface area (Å²) in [7, 11) is 3.12. The Hall–Kier alpha value is -2.37. The van der Waals surface area contributed by atoms with E-state index in [-0.39, 0.29) is 12.2 Å². The highest BCUT2D eigenvalue weighted by Crippen LogP contribution is 2.31. The summed E-state index contributed by atoms with van der Waals surface area (Å²) >= 11 is 0. The minimum Gasteiger partial charge on any atom is -0.493 e. The lowest BCUT2D eigenvalue weighted by Gasteiger charge is -2.07. The highest BCUT2D eigenvalue weighted by molar-refractivity contribution is 5.77. The van der Waals surface area contributed by atoms with E-state index in [1.54, 1.807) is 32.4 Å². The maximum Gasteiger partial charge on any atom is 0.234 e. The summed E-state index contributed by atoms with van der Waals surface area (Å²) in [6.07, 6.45) is 0.139. The molecule has 6 heteroatoms. The maximum absolute atomic E-state index is 11.0. The summed E-state index contributed by atoms with van der Waals surface area (Å²) in [4.78, 5) is 15.1. The van der Waals surface area contributed by atoms with Crippen molar-refractivity contribution < 1.29 is 18.8 Å². The predicted molar refractivity (Wildman–Crippen MR) is 67.2 cm³/mol. The number of hydrogen-bond donors (Lipinski definition) is 0. The molecule has 0 saturated carbocycles. The monoisotopic (exact) mass is 262 g/mol. The number of methoxy groups -OCH3 is 2. The van der Waals surface area contributed by atoms with Gasteiger partial charge in [-0.05, 0) is 25.1 Å². The zero-order chi connectivity index (χ0) is 13.8. The van der Waals surface area contributed by atoms with Crippen LogP contribution < -0.4 is 9.47 Å². The number of carbonyl (C=O) groups is 1. The van der Waals surface area contributed by atoms with E-state index in [1.165, 1.54) is 6.92 Å². The molecule has 0 fully saturated rings. The molecule has 6 nitrogen and oxygen atoms in total. The number of Topliss-reactive ketones (excluding diaryl/α,β-unsaturated/α-hetero) is 1. The summed E-state index contributed by atoms with van der Waals surface area (Å²) in [6, 6.07) is 5.31. The van der Waals surface area contributed by atoms with E-state index in [2.05, 4.69) is 10.1 Å². The topological polar surface area (TPSA) is 74.5 Å². The Labute approximate surface area is 110 Å². The largest absolute Gasteiger partial charge is 0.493 e. The van der Waals surface area contributed by atoms with Gasteiger partial charge in [-0.1, -0.05) is 5.16 Å². The highest BCUT2D eigenvalue weighted by Gasteiger charge is 2.12. The van der Waals surface area contributed by atoms with E-state index in [9.17, 15) is 4.79 Å². The van der Waals surface area contributed by atoms with Crippen LogP contribution in [-0.4, -0.2) is 30.1 Å². The molecule has 0 atom stereocenters. The SMILES string of the molecule is COc1ccc(-c2noc(CC(C)=O)n2)cc1OC. The van der Waals surface area contributed by atoms with Crippen molar-refractivity contribution in [3.8, 4) is 22.9 Å². The first-order valence-corrected chi connectivity index (χ1v) is 5.68. The molecule has 100 valence electrons. The quantitative estimate of drug-likeness (QED) is 0.819. The van der Waals surface area contributed by atoms with Gasteiger partial charge >= 0.3 is 0 Å². The third-order valence-corrected chi connectivity index (χ3v) is 2.51. The maximum atomic E-state index is 11.0. The lowest BCUT2D eigenvalue weighted by atomic mass is 10.2. The Morgan fingerprint density at radius 2 is 2.00 bits per heavy atom. The van der Waals surface area contributed by atoms with Gasteiger partial charge in [-0.25, -0.2) is 0 Å². The van der Waals surface area contributed by atoms with Crippen molar-refractivity contribution in [2.45, 2.75) is 13.3 Å². The van der Waals surface area contributed by atoms with Crippen LogP contribution in [0.3, 0.4) is 0 Å². The van der Waals surface area contributed by atoms with Crippen molar-refractivity contribution in [3.63, 3.8) is 0 Å². The average molecular weight is 262 g/mol. The number of carbonyl (C=O) groups excluding carboxylic acids is 1. The van der Waals surface area contributed by atoms with E-state index >= 15 is 0 Å². The summed E-state index contributed by atoms with van der Waals surface area (Å²) in [6.45, 7) is 1.47. The Bertz CT molecular complexity index is 592. The van der Waals surface area contributed by atoms with E-state index in [0.29, 0.717) is 23.2 Å². The Morgan fingerprint density at radius 1 is 1.26 bits per heavy atom. The molecule has 2 aromatic rings. The number of ketones is 1. The van der Waals surface area contributed by atoms with Crippen molar-refractivity contribution in [2.75, 3.05) is 14.2 Å². The summed E-state index contributed by atoms with van der Waals surface area (Å²) in [5.41, 5.74) is 0.733. The first kappa shape index (κ1) is 13.1. The van der Waals surface area contributed by atoms with Crippen molar-refractivity contribution in [1.82, 2.24) is 10.1 Å². The Balaban J connectivity index is 2.31. The van der Waals surface area contributed by atoms with Gasteiger partial charge < -0.3 is 14.0 Å². The fraction of sp³-hybridized carbons (Fsp3) is 0.308. The summed E-state index contributed by atoms with van der Waals surface area (Å²) < 4.78 is 15.4. The average Bonchev–Trinajstić information content (AvgIpc) is 2.85. The van der Waals surface area contributed by atoms with Crippen LogP contribution in [0.1, 0.15) is 12.8 Å². The Morgan fingerprint density at radius 3 is 2.63 bits per heavy atom. The van der Waals surface area contributed by atoms with Gasteiger partial charge in [0.25, 0.3) is 0 Å². The van der Waals surface area contributed by atoms with Crippen LogP contribution in [0, 0.1) is 0 Å². The molecule has 0 aliphatic rings. The van der Waals surface area contributed by atoms with Crippen LogP contribution in [0.15, 0.2) is 22.7 Å². The van der Waals surface area contributed by atoms with Gasteiger partial charge in [-0.15, -0.1) is 0 Å². The number of ether oxygens (including phenoxy) is 2. The van der Waals surface area contributed by atoms with Crippen molar-refractivity contribution in [1.29, 1.82) is 0 Å². The fourth-order valence-corrected chi connectivity index (χ4v) is 1.63. The predicted octanol–water partition coefficient (Wildman–Crippen LogP) is 1.89. The second-order valence-corrected chi connectivity index (χ2v) is 3.96. The number of nitrogens with zero attached hydrogens (tertiary/aromatic N) is 2. The molecule has 0 unspecified atom stereocenters. The molecular weight excluding hydrogens is 248 g/mol. The molecule has 1 aromatic carbocycles. The number of aromatic nitrogens is 2. The van der Waals surface area contributed by atoms with Gasteiger partial charge in [0.2, 0.25) is 11.7 Å². The molecular formula is C13H14N2O4. The normalized spacial score (nSPS) is 10.3. The second-order valence-electron chi connectivity index (χ2n) is 3.96. The van der Waals surface area contributed by atoms with Gasteiger partial charge in [-0.3, -0.25) is 4.79 Å². The first-order valence-electron chi connectivity index (χ1n) is 5.68. The van der Waals surface area contributed by atoms with Gasteiger partial charge in [0.1, 0.15) is 5.78 Å². The zero-order valence-electron chi connectivity index (χ0n) is 11.0. The standard InChI is InChI=1S/C13H14N2O4/c1-8(16)6-12-14-13(15-19-12)9-4-5-10(17-2)11(7-9)18-3/h4-5,7H,6H2,1-3H3. The van der Waals surface area contributed by atoms with E-state index < -0.39 is 0 Å². The second kappa shape index (κ2) is 5.51. The smallest absolute Gasteiger partial charge is 0.234 e. The van der Waals surface area contributed by atoms with Crippen LogP contribution in [0.25, 0.3) is 11.4 Å². The lowest BCUT2D eigenvalue weighted by Crippen LogP contribution is -1.96. The molecule has 0 amide bonds. The lowest BCUT2D eigenvalue weighted by molar-refractivity contribution is -0.116. The first-order chi connectivity index (χ1) is 9.13. The van der Waals surface area contributed by atoms with Gasteiger partial charge in [-0.2, -0.15) is 4.98 Å². The van der Waals surface area contributed by atoms with Crippen LogP contribution in [-0.2, 0) is 11.2 Å². The van der Waals surface area contributed by atoms with Crippen molar-refractivity contribution in [2.24, 2.45) is 0 Å². The van der Waals surface area contributed by atoms with Crippen LogP contribution in [0.4, 0.5) is 0 Å². The number of rotatable bonds is 5. The molecule has 0 saturated heterocycles. The van der Waals surface area contributed by atoms with Crippen molar-refractivity contribution >= 4 is 5.78 Å². The molecule has 19 heavy (non-hydrogen) atoms. The molecule has 2 rings (SSSR count). The number of hydrogen-bond acceptors (Lipinski definition) is 6. The molecule has 0 radical (unpaired) electrons. The van der Waals surface area contributed by atoms with Crippen LogP contribution >= 0.6 is 0 Å². The zero-order valence-corrected chi connectivity index (χ0v) is 11.0. The summed E-state index contributed by atoms with van der Waals surface area (Å²) in [5, 5.41) is 3.84. The highest BCUT2D eigenvalue weighted by atomic mass is 16.5. The van der Waals surface area contributed by atoms with Crippen LogP contribution in [0.2, 0.25) is 0 Å². The molecule has 1 aromatic heterocycles. The third kappa shape index (κ3) is 2.90. The van der Waals surface area contributed by atoms with Crippen molar-refractivity contribution in [3.05, 3.63) is 24.1 Å². The van der Waals surface area contributed by atoms with Crippen LogP contribution in [0.5, 0.6) is 11.5 Å². The molecule has 0 spiro atoms. The fourth-order valence-electron chi connectivity index (χ4n) is 1.63. The van der Waals surface area contributed by atoms with Gasteiger partial charge in [0.05, 0.1) is 20.6 Å². The van der Waals surface area contributed by atoms with E-state index in [4.69, 9.17) is 14.0 Å². The minimum absolute atomic E-state index is 0.0255. The summed E-state index contributed by atoms with van der Waals surface area (Å²) in [5.74, 6) is 1.90. The molecule has 0 aliphatic heterocycles. The molecule has 0 aliphatic carbocycles. The molecule has 1 heterocycles. The van der Waals surface area contributed by atoms with E-state index in [0.717, 1.165) is 5.56 Å². The third-order valence-electron chi connectivity index (χ3n) is 2.51. The van der Waals surface area contributed by atoms with E-state index in [1.807, 2.05) is 0 Å². The molecule has 0 bridgehead atoms.